The van der Waals surface area contributed by atoms with Crippen LogP contribution in [0.3, 0.4) is 0 Å². The Morgan fingerprint density at radius 2 is 0.654 bits per heavy atom. The van der Waals surface area contributed by atoms with Gasteiger partial charge in [-0.05, 0) is 235 Å². The van der Waals surface area contributed by atoms with Gasteiger partial charge in [0.05, 0.1) is 5.69 Å². The molecule has 0 radical (unpaired) electrons. The molecule has 0 aliphatic rings. The summed E-state index contributed by atoms with van der Waals surface area (Å²) in [4.78, 5) is 30.6. The molecule has 10 aromatic rings. The van der Waals surface area contributed by atoms with Gasteiger partial charge in [0.2, 0.25) is 0 Å². The van der Waals surface area contributed by atoms with Crippen LogP contribution >= 0.6 is 98.5 Å². The van der Waals surface area contributed by atoms with Crippen molar-refractivity contribution in [3.8, 4) is 50.5 Å². The number of nitrogens with one attached hydrogen (secondary N) is 2. The second-order valence-electron chi connectivity index (χ2n) is 28.5. The molecule has 0 aliphatic heterocycles. The number of imidazole rings is 1. The Bertz CT molecular complexity index is 4070. The van der Waals surface area contributed by atoms with Gasteiger partial charge in [0, 0.05) is 61.2 Å². The summed E-state index contributed by atoms with van der Waals surface area (Å²) in [6.07, 6.45) is 9.58. The van der Waals surface area contributed by atoms with E-state index in [-0.39, 0.29) is 19.5 Å². The normalized spacial score (nSPS) is 11.6. The third-order valence-electron chi connectivity index (χ3n) is 16.1. The number of nitrogens with zero attached hydrogens (tertiary/aromatic N) is 2. The van der Waals surface area contributed by atoms with Gasteiger partial charge in [0.15, 0.2) is 6.29 Å². The van der Waals surface area contributed by atoms with E-state index in [0.717, 1.165) is 61.3 Å². The van der Waals surface area contributed by atoms with Crippen molar-refractivity contribution in [1.82, 2.24) is 9.55 Å². The van der Waals surface area contributed by atoms with Crippen molar-refractivity contribution in [2.24, 2.45) is 41.2 Å². The molecule has 0 saturated carbocycles. The van der Waals surface area contributed by atoms with Gasteiger partial charge in [-0.25, -0.2) is 4.98 Å². The second kappa shape index (κ2) is 45.3. The van der Waals surface area contributed by atoms with Crippen molar-refractivity contribution in [3.05, 3.63) is 275 Å². The Balaban J connectivity index is 0.000000305. The molecule has 0 atom stereocenters. The molecule has 1 aromatic heterocycles. The van der Waals surface area contributed by atoms with E-state index in [2.05, 4.69) is 284 Å². The third kappa shape index (κ3) is 34.8. The van der Waals surface area contributed by atoms with E-state index >= 15 is 0 Å². The number of ether oxygens (including phenoxy) is 2. The number of carbonyl (C=O) groups excluding carboxylic acids is 2. The second-order valence-corrected chi connectivity index (χ2v) is 51.7. The topological polar surface area (TPSA) is 138 Å². The molecule has 4 N–H and O–H groups in total. The maximum atomic E-state index is 12.9. The van der Waals surface area contributed by atoms with Gasteiger partial charge in [-0.3, -0.25) is 18.7 Å². The minimum absolute atomic E-state index is 0. The summed E-state index contributed by atoms with van der Waals surface area (Å²) in [6, 6.07) is 74.9. The van der Waals surface area contributed by atoms with Crippen LogP contribution in [0.25, 0.3) is 50.5 Å². The fraction of sp³-hybridized carbons (Fsp3) is 0.322. The Morgan fingerprint density at radius 1 is 0.421 bits per heavy atom. The van der Waals surface area contributed by atoms with Crippen LogP contribution in [0.1, 0.15) is 139 Å². The summed E-state index contributed by atoms with van der Waals surface area (Å²) < 4.78 is 17.5. The smallest absolute Gasteiger partial charge is 0.271 e. The van der Waals surface area contributed by atoms with Crippen LogP contribution in [0.5, 0.6) is 0 Å². The Labute approximate surface area is 677 Å². The number of nitrogens with two attached hydrogens (primary N) is 1. The molecular weight excluding hydrogens is 1540 g/mol. The minimum atomic E-state index is -3.69. The van der Waals surface area contributed by atoms with E-state index in [0.29, 0.717) is 53.2 Å². The van der Waals surface area contributed by atoms with Crippen LogP contribution in [-0.2, 0) is 52.6 Å². The van der Waals surface area contributed by atoms with E-state index < -0.39 is 8.57 Å². The molecule has 1 heterocycles. The summed E-state index contributed by atoms with van der Waals surface area (Å²) >= 11 is 38.7. The molecule has 0 saturated heterocycles. The molecule has 0 bridgehead atoms. The zero-order valence-electron chi connectivity index (χ0n) is 64.9. The molecule has 9 aromatic carbocycles. The molecule has 107 heavy (non-hydrogen) atoms. The monoisotopic (exact) mass is 1640 g/mol. The third-order valence-corrected chi connectivity index (χ3v) is 16.1. The van der Waals surface area contributed by atoms with Gasteiger partial charge in [0.1, 0.15) is 5.82 Å². The van der Waals surface area contributed by atoms with Gasteiger partial charge in [0.25, 0.3) is 11.8 Å². The number of anilines is 2. The molecule has 0 aliphatic carbocycles. The SMILES string of the molecule is CC(C)Cc1cc(-c2ccccc2)cc(CC(C)C)c1-n1ccnc1-c1ccccc1.CC(C)Cc1cc(-c2ccccc2)cc(CC(C)C)c1NC(=O)c1ccccc1.CC(C)Cc1cc(-c2ccccc2)cc(CC(C)C)c1NC(=O)c1ccccc1.COC(CN)OC.ClP(Cl)(Cl)(Cl)Cl.O=P(Cl)(Cl)Cl.[H+]. The average Bonchev–Trinajstić information content (AvgIpc) is 1.42. The number of rotatable bonds is 24. The molecule has 10 nitrogen and oxygen atoms in total. The summed E-state index contributed by atoms with van der Waals surface area (Å²) in [6.45, 7) is 27.4. The van der Waals surface area contributed by atoms with E-state index in [1.165, 1.54) is 72.4 Å². The molecule has 0 fully saturated rings. The number of hydrogen-bond donors (Lipinski definition) is 3. The number of hydrogen-bond acceptors (Lipinski definition) is 7. The maximum Gasteiger partial charge on any atom is 1.00 e. The fourth-order valence-corrected chi connectivity index (χ4v) is 12.0. The zero-order chi connectivity index (χ0) is 79.0. The van der Waals surface area contributed by atoms with Crippen molar-refractivity contribution in [2.45, 2.75) is 128 Å². The zero-order valence-corrected chi connectivity index (χ0v) is 71.7. The van der Waals surface area contributed by atoms with E-state index in [1.807, 2.05) is 79.0 Å². The van der Waals surface area contributed by atoms with Crippen molar-refractivity contribution in [1.29, 1.82) is 0 Å². The first kappa shape index (κ1) is 91.6. The predicted molar refractivity (Wildman–Crippen MR) is 468 cm³/mol. The van der Waals surface area contributed by atoms with Gasteiger partial charge < -0.3 is 25.8 Å². The molecule has 20 heteroatoms. The molecule has 0 unspecified atom stereocenters. The van der Waals surface area contributed by atoms with Gasteiger partial charge in [-0.15, -0.1) is 0 Å². The number of amides is 2. The first-order valence-corrected chi connectivity index (χ1v) is 47.2. The van der Waals surface area contributed by atoms with Crippen LogP contribution in [0, 0.1) is 35.5 Å². The number of aromatic nitrogens is 2. The maximum absolute atomic E-state index is 12.9. The Kier molecular flexibility index (Phi) is 38.8. The number of benzene rings is 9. The van der Waals surface area contributed by atoms with Gasteiger partial charge >= 0.3 is 66.2 Å². The van der Waals surface area contributed by atoms with Crippen molar-refractivity contribution >= 4 is 122 Å². The summed E-state index contributed by atoms with van der Waals surface area (Å²) in [5, 5.41) is 3.27. The van der Waals surface area contributed by atoms with Crippen molar-refractivity contribution in [3.63, 3.8) is 0 Å². The number of methoxy groups -OCH3 is 2. The molecule has 10 rings (SSSR count). The van der Waals surface area contributed by atoms with Gasteiger partial charge in [-0.1, -0.05) is 241 Å². The van der Waals surface area contributed by atoms with Crippen molar-refractivity contribution < 1.29 is 25.1 Å². The molecule has 2 amide bonds. The van der Waals surface area contributed by atoms with Crippen LogP contribution in [0.2, 0.25) is 0 Å². The van der Waals surface area contributed by atoms with Crippen LogP contribution < -0.4 is 16.4 Å². The fourth-order valence-electron chi connectivity index (χ4n) is 12.0. The Hall–Kier alpha value is -6.01. The van der Waals surface area contributed by atoms with Crippen molar-refractivity contribution in [2.75, 3.05) is 31.4 Å². The Morgan fingerprint density at radius 3 is 0.888 bits per heavy atom. The molecule has 574 valence electrons. The van der Waals surface area contributed by atoms with E-state index in [9.17, 15) is 14.2 Å². The van der Waals surface area contributed by atoms with Crippen LogP contribution in [0.4, 0.5) is 11.4 Å². The number of halogens is 8. The standard InChI is InChI=1S/C29H32N2.2C27H31NO.C4H11NO2.Cl5P.Cl3OP/c1-21(2)17-26-19-25(23-11-7-5-8-12-23)20-27(18-22(3)4)28(26)31-16-15-30-29(31)24-13-9-6-10-14-24;2*1-19(2)15-24-17-23(21-11-7-5-8-12-21)18-25(16-20(3)4)26(24)28-27(29)22-13-9-6-10-14-22;1-6-4(3-5)7-2;1-6(2,3,4)5;1-5(2,3)4/h5-16,19-22H,17-18H2,1-4H3;2*5-14,17-20H,15-16H2,1-4H3,(H,28,29);4H,3,5H2,1-2H3;;/p+1. The van der Waals surface area contributed by atoms with Gasteiger partial charge in [-0.2, -0.15) is 0 Å². The van der Waals surface area contributed by atoms with E-state index in [1.54, 1.807) is 14.2 Å². The molecular formula is C87H106Cl8N5O5P2+. The van der Waals surface area contributed by atoms with Crippen LogP contribution in [0.15, 0.2) is 231 Å². The predicted octanol–water partition coefficient (Wildman–Crippen LogP) is 28.4. The quantitative estimate of drug-likeness (QED) is 0.0405. The first-order valence-electron chi connectivity index (χ1n) is 36.0. The first-order chi connectivity index (χ1) is 50.5. The minimum Gasteiger partial charge on any atom is -0.271 e. The average molecular weight is 1650 g/mol. The summed E-state index contributed by atoms with van der Waals surface area (Å²) in [5.74, 6) is 4.05. The summed E-state index contributed by atoms with van der Waals surface area (Å²) in [7, 11) is 3.11. The summed E-state index contributed by atoms with van der Waals surface area (Å²) in [5.41, 5.74) is 26.0. The van der Waals surface area contributed by atoms with E-state index in [4.69, 9.17) is 76.4 Å². The molecule has 0 spiro atoms. The number of carbonyl (C=O) groups is 2. The van der Waals surface area contributed by atoms with Crippen LogP contribution in [-0.4, -0.2) is 48.4 Å². The largest absolute Gasteiger partial charge is 1.00 e.